The quantitative estimate of drug-likeness (QED) is 0.464. The first kappa shape index (κ1) is 15.7. The highest BCUT2D eigenvalue weighted by Gasteiger charge is 2.19. The second kappa shape index (κ2) is 5.78. The number of halogens is 2. The molecular formula is C15H7Br2NO5. The van der Waals surface area contributed by atoms with Gasteiger partial charge in [0.1, 0.15) is 5.58 Å². The number of aromatic hydroxyl groups is 1. The molecule has 1 heterocycles. The van der Waals surface area contributed by atoms with Gasteiger partial charge < -0.3 is 9.52 Å². The van der Waals surface area contributed by atoms with E-state index in [1.165, 1.54) is 24.3 Å². The van der Waals surface area contributed by atoms with Crippen molar-refractivity contribution in [3.63, 3.8) is 0 Å². The van der Waals surface area contributed by atoms with Crippen LogP contribution in [0.15, 0.2) is 54.6 Å². The van der Waals surface area contributed by atoms with Gasteiger partial charge in [0.05, 0.1) is 10.3 Å². The fraction of sp³-hybridized carbons (Fsp3) is 0. The molecule has 0 spiro atoms. The van der Waals surface area contributed by atoms with E-state index in [0.717, 1.165) is 0 Å². The maximum absolute atomic E-state index is 12.4. The zero-order valence-corrected chi connectivity index (χ0v) is 14.4. The van der Waals surface area contributed by atoms with Gasteiger partial charge in [-0.3, -0.25) is 14.9 Å². The highest BCUT2D eigenvalue weighted by Crippen LogP contribution is 2.35. The van der Waals surface area contributed by atoms with Gasteiger partial charge >= 0.3 is 0 Å². The molecule has 1 N–H and O–H groups in total. The van der Waals surface area contributed by atoms with Crippen LogP contribution in [0.4, 0.5) is 5.69 Å². The molecule has 0 radical (unpaired) electrons. The lowest BCUT2D eigenvalue weighted by Gasteiger charge is -2.07. The summed E-state index contributed by atoms with van der Waals surface area (Å²) in [5.41, 5.74) is -0.297. The molecule has 23 heavy (non-hydrogen) atoms. The molecule has 0 saturated heterocycles. The molecule has 116 valence electrons. The second-order valence-corrected chi connectivity index (χ2v) is 6.45. The first-order chi connectivity index (χ1) is 10.9. The Morgan fingerprint density at radius 3 is 2.61 bits per heavy atom. The molecule has 0 aliphatic carbocycles. The van der Waals surface area contributed by atoms with Crippen molar-refractivity contribution >= 4 is 48.5 Å². The van der Waals surface area contributed by atoms with Crippen molar-refractivity contribution in [1.29, 1.82) is 0 Å². The van der Waals surface area contributed by atoms with Gasteiger partial charge in [0.2, 0.25) is 11.2 Å². The molecule has 0 unspecified atom stereocenters. The number of benzene rings is 2. The van der Waals surface area contributed by atoms with E-state index in [-0.39, 0.29) is 28.0 Å². The van der Waals surface area contributed by atoms with Gasteiger partial charge in [0.15, 0.2) is 5.76 Å². The Bertz CT molecular complexity index is 1010. The van der Waals surface area contributed by atoms with Crippen LogP contribution >= 0.6 is 31.9 Å². The highest BCUT2D eigenvalue weighted by molar-refractivity contribution is 9.11. The lowest BCUT2D eigenvalue weighted by atomic mass is 10.1. The van der Waals surface area contributed by atoms with Gasteiger partial charge in [-0.2, -0.15) is 0 Å². The van der Waals surface area contributed by atoms with E-state index >= 15 is 0 Å². The van der Waals surface area contributed by atoms with Crippen molar-refractivity contribution in [2.45, 2.75) is 0 Å². The third-order valence-electron chi connectivity index (χ3n) is 3.21. The highest BCUT2D eigenvalue weighted by atomic mass is 79.9. The van der Waals surface area contributed by atoms with Crippen molar-refractivity contribution in [2.75, 3.05) is 0 Å². The van der Waals surface area contributed by atoms with Crippen molar-refractivity contribution in [3.05, 3.63) is 65.7 Å². The second-order valence-electron chi connectivity index (χ2n) is 4.68. The molecule has 0 saturated carbocycles. The topological polar surface area (TPSA) is 93.6 Å². The van der Waals surface area contributed by atoms with Crippen LogP contribution in [-0.4, -0.2) is 10.0 Å². The minimum absolute atomic E-state index is 0.115. The lowest BCUT2D eigenvalue weighted by molar-refractivity contribution is -0.384. The molecular weight excluding hydrogens is 434 g/mol. The molecule has 3 aromatic rings. The van der Waals surface area contributed by atoms with Gasteiger partial charge in [-0.05, 0) is 28.1 Å². The SMILES string of the molecule is O=c1c(O)c(-c2cccc([N+](=O)[O-])c2)oc2cc(Br)cc(Br)c12. The Hall–Kier alpha value is -2.19. The van der Waals surface area contributed by atoms with Crippen molar-refractivity contribution in [1.82, 2.24) is 0 Å². The minimum atomic E-state index is -0.618. The predicted octanol–water partition coefficient (Wildman–Crippen LogP) is 4.60. The Labute approximate surface area is 145 Å². The Morgan fingerprint density at radius 2 is 1.91 bits per heavy atom. The van der Waals surface area contributed by atoms with Crippen LogP contribution in [0.25, 0.3) is 22.3 Å². The molecule has 0 amide bonds. The Balaban J connectivity index is 2.35. The minimum Gasteiger partial charge on any atom is -0.502 e. The van der Waals surface area contributed by atoms with Crippen molar-refractivity contribution in [3.8, 4) is 17.1 Å². The number of rotatable bonds is 2. The standard InChI is InChI=1S/C15H7Br2NO5/c16-8-5-10(17)12-11(6-8)23-15(14(20)13(12)19)7-2-1-3-9(4-7)18(21)22/h1-6,20H. The summed E-state index contributed by atoms with van der Waals surface area (Å²) in [4.78, 5) is 22.7. The van der Waals surface area contributed by atoms with E-state index in [4.69, 9.17) is 4.42 Å². The first-order valence-electron chi connectivity index (χ1n) is 6.28. The van der Waals surface area contributed by atoms with Gasteiger partial charge in [0.25, 0.3) is 5.69 Å². The van der Waals surface area contributed by atoms with Gasteiger partial charge in [-0.1, -0.05) is 28.1 Å². The van der Waals surface area contributed by atoms with Crippen LogP contribution in [0.2, 0.25) is 0 Å². The molecule has 1 aromatic heterocycles. The van der Waals surface area contributed by atoms with Crippen LogP contribution in [0, 0.1) is 10.1 Å². The molecule has 0 atom stereocenters. The number of nitrogens with zero attached hydrogens (tertiary/aromatic N) is 1. The summed E-state index contributed by atoms with van der Waals surface area (Å²) in [5, 5.41) is 21.2. The third-order valence-corrected chi connectivity index (χ3v) is 4.29. The number of non-ortho nitro benzene ring substituents is 1. The van der Waals surface area contributed by atoms with E-state index in [1.807, 2.05) is 0 Å². The molecule has 2 aromatic carbocycles. The maximum atomic E-state index is 12.4. The monoisotopic (exact) mass is 439 g/mol. The zero-order valence-electron chi connectivity index (χ0n) is 11.2. The third kappa shape index (κ3) is 2.75. The average Bonchev–Trinajstić information content (AvgIpc) is 2.50. The van der Waals surface area contributed by atoms with Crippen LogP contribution < -0.4 is 5.43 Å². The zero-order chi connectivity index (χ0) is 16.7. The van der Waals surface area contributed by atoms with E-state index < -0.39 is 16.1 Å². The number of nitro benzene ring substituents is 1. The maximum Gasteiger partial charge on any atom is 0.270 e. The summed E-state index contributed by atoms with van der Waals surface area (Å²) in [7, 11) is 0. The molecule has 6 nitrogen and oxygen atoms in total. The Kier molecular flexibility index (Phi) is 3.95. The van der Waals surface area contributed by atoms with Gasteiger partial charge in [0, 0.05) is 26.6 Å². The number of hydrogen-bond acceptors (Lipinski definition) is 5. The summed E-state index contributed by atoms with van der Waals surface area (Å²) in [6.07, 6.45) is 0. The van der Waals surface area contributed by atoms with Gasteiger partial charge in [-0.15, -0.1) is 0 Å². The van der Waals surface area contributed by atoms with Crippen LogP contribution in [-0.2, 0) is 0 Å². The van der Waals surface area contributed by atoms with E-state index in [0.29, 0.717) is 8.95 Å². The molecule has 3 rings (SSSR count). The van der Waals surface area contributed by atoms with Gasteiger partial charge in [-0.25, -0.2) is 0 Å². The summed E-state index contributed by atoms with van der Waals surface area (Å²) in [5.74, 6) is -0.711. The molecule has 0 fully saturated rings. The summed E-state index contributed by atoms with van der Waals surface area (Å²) < 4.78 is 6.77. The van der Waals surface area contributed by atoms with E-state index in [2.05, 4.69) is 31.9 Å². The van der Waals surface area contributed by atoms with Crippen LogP contribution in [0.3, 0.4) is 0 Å². The average molecular weight is 441 g/mol. The molecule has 8 heteroatoms. The van der Waals surface area contributed by atoms with Crippen molar-refractivity contribution in [2.24, 2.45) is 0 Å². The predicted molar refractivity (Wildman–Crippen MR) is 91.6 cm³/mol. The summed E-state index contributed by atoms with van der Waals surface area (Å²) >= 11 is 6.55. The fourth-order valence-corrected chi connectivity index (χ4v) is 3.55. The number of fused-ring (bicyclic) bond motifs is 1. The summed E-state index contributed by atoms with van der Waals surface area (Å²) in [6, 6.07) is 8.76. The largest absolute Gasteiger partial charge is 0.502 e. The normalized spacial score (nSPS) is 10.9. The van der Waals surface area contributed by atoms with E-state index in [1.54, 1.807) is 12.1 Å². The van der Waals surface area contributed by atoms with Crippen LogP contribution in [0.1, 0.15) is 0 Å². The smallest absolute Gasteiger partial charge is 0.270 e. The first-order valence-corrected chi connectivity index (χ1v) is 7.86. The number of hydrogen-bond donors (Lipinski definition) is 1. The van der Waals surface area contributed by atoms with Crippen LogP contribution in [0.5, 0.6) is 5.75 Å². The van der Waals surface area contributed by atoms with Crippen molar-refractivity contribution < 1.29 is 14.4 Å². The molecule has 0 aliphatic rings. The molecule has 0 bridgehead atoms. The molecule has 0 aliphatic heterocycles. The number of nitro groups is 1. The fourth-order valence-electron chi connectivity index (χ4n) is 2.19. The Morgan fingerprint density at radius 1 is 1.17 bits per heavy atom. The van der Waals surface area contributed by atoms with E-state index in [9.17, 15) is 20.0 Å². The lowest BCUT2D eigenvalue weighted by Crippen LogP contribution is -2.03. The summed E-state index contributed by atoms with van der Waals surface area (Å²) in [6.45, 7) is 0.